The molecule has 0 saturated carbocycles. The molecule has 2 rings (SSSR count). The van der Waals surface area contributed by atoms with Crippen LogP contribution >= 0.6 is 0 Å². The maximum atomic E-state index is 13.2. The number of esters is 1. The van der Waals surface area contributed by atoms with Gasteiger partial charge in [0.1, 0.15) is 11.6 Å². The molecule has 0 aliphatic rings. The van der Waals surface area contributed by atoms with E-state index in [9.17, 15) is 23.6 Å². The van der Waals surface area contributed by atoms with Gasteiger partial charge in [0.25, 0.3) is 0 Å². The molecular weight excluding hydrogens is 382 g/mol. The molecule has 0 spiro atoms. The van der Waals surface area contributed by atoms with E-state index in [1.165, 1.54) is 6.08 Å². The zero-order valence-electron chi connectivity index (χ0n) is 16.3. The van der Waals surface area contributed by atoms with Gasteiger partial charge in [-0.2, -0.15) is 5.26 Å². The molecule has 6 nitrogen and oxygen atoms in total. The van der Waals surface area contributed by atoms with Gasteiger partial charge in [0, 0.05) is 30.6 Å². The van der Waals surface area contributed by atoms with E-state index in [0.717, 1.165) is 29.6 Å². The molecule has 0 aliphatic carbocycles. The minimum atomic E-state index is -1.18. The van der Waals surface area contributed by atoms with Gasteiger partial charge in [-0.25, -0.2) is 13.6 Å². The van der Waals surface area contributed by atoms with E-state index < -0.39 is 30.0 Å². The Morgan fingerprint density at radius 2 is 1.93 bits per heavy atom. The first kappa shape index (κ1) is 22.0. The van der Waals surface area contributed by atoms with Crippen molar-refractivity contribution in [3.05, 3.63) is 64.0 Å². The molecule has 8 heteroatoms. The Kier molecular flexibility index (Phi) is 7.39. The molecule has 152 valence electrons. The first-order chi connectivity index (χ1) is 13.8. The lowest BCUT2D eigenvalue weighted by Gasteiger charge is -2.08. The number of Topliss-reactive ketones (excluding diaryl/α,β-unsaturated/α-hetero) is 1. The summed E-state index contributed by atoms with van der Waals surface area (Å²) in [5.74, 6) is -3.96. The Labute approximate surface area is 167 Å². The van der Waals surface area contributed by atoms with Crippen LogP contribution in [0.15, 0.2) is 29.8 Å². The fourth-order valence-electron chi connectivity index (χ4n) is 2.75. The average molecular weight is 402 g/mol. The van der Waals surface area contributed by atoms with Gasteiger partial charge in [0.05, 0.1) is 6.61 Å². The maximum absolute atomic E-state index is 13.2. The number of aromatic nitrogens is 1. The van der Waals surface area contributed by atoms with Crippen molar-refractivity contribution in [3.63, 3.8) is 0 Å². The van der Waals surface area contributed by atoms with E-state index in [2.05, 4.69) is 0 Å². The smallest absolute Gasteiger partial charge is 0.349 e. The Bertz CT molecular complexity index is 1000. The second kappa shape index (κ2) is 9.75. The standard InChI is InChI=1S/C21H20F2N2O4/c1-13-8-16(14(2)25(13)6-7-28-3)9-17(11-24)21(27)29-12-20(26)15-4-5-18(22)19(23)10-15/h4-5,8-10H,6-7,12H2,1-3H3/b17-9-. The molecule has 29 heavy (non-hydrogen) atoms. The van der Waals surface area contributed by atoms with Crippen LogP contribution in [0, 0.1) is 36.8 Å². The Morgan fingerprint density at radius 1 is 1.21 bits per heavy atom. The van der Waals surface area contributed by atoms with E-state index >= 15 is 0 Å². The van der Waals surface area contributed by atoms with Crippen molar-refractivity contribution in [2.75, 3.05) is 20.3 Å². The molecule has 0 fully saturated rings. The molecule has 0 amide bonds. The molecule has 0 radical (unpaired) electrons. The lowest BCUT2D eigenvalue weighted by atomic mass is 10.1. The van der Waals surface area contributed by atoms with Gasteiger partial charge < -0.3 is 14.0 Å². The van der Waals surface area contributed by atoms with E-state index in [-0.39, 0.29) is 11.1 Å². The van der Waals surface area contributed by atoms with Crippen molar-refractivity contribution < 1.29 is 27.8 Å². The molecule has 0 saturated heterocycles. The number of halogens is 2. The van der Waals surface area contributed by atoms with Crippen LogP contribution < -0.4 is 0 Å². The third-order valence-electron chi connectivity index (χ3n) is 4.35. The van der Waals surface area contributed by atoms with Crippen LogP contribution in [-0.2, 0) is 20.8 Å². The second-order valence-electron chi connectivity index (χ2n) is 6.27. The minimum Gasteiger partial charge on any atom is -0.453 e. The number of hydrogen-bond donors (Lipinski definition) is 0. The van der Waals surface area contributed by atoms with Gasteiger partial charge in [0.15, 0.2) is 24.0 Å². The topological polar surface area (TPSA) is 81.3 Å². The third-order valence-corrected chi connectivity index (χ3v) is 4.35. The summed E-state index contributed by atoms with van der Waals surface area (Å²) in [4.78, 5) is 24.2. The quantitative estimate of drug-likeness (QED) is 0.293. The number of rotatable bonds is 8. The SMILES string of the molecule is COCCn1c(C)cc(/C=C(/C#N)C(=O)OCC(=O)c2ccc(F)c(F)c2)c1C. The number of carbonyl (C=O) groups is 2. The number of ether oxygens (including phenoxy) is 2. The van der Waals surface area contributed by atoms with E-state index in [1.807, 2.05) is 24.5 Å². The van der Waals surface area contributed by atoms with Gasteiger partial charge in [-0.15, -0.1) is 0 Å². The molecule has 0 unspecified atom stereocenters. The van der Waals surface area contributed by atoms with E-state index in [4.69, 9.17) is 9.47 Å². The van der Waals surface area contributed by atoms with Crippen LogP contribution in [0.5, 0.6) is 0 Å². The highest BCUT2D eigenvalue weighted by Gasteiger charge is 2.17. The van der Waals surface area contributed by atoms with Crippen LogP contribution in [0.2, 0.25) is 0 Å². The summed E-state index contributed by atoms with van der Waals surface area (Å²) in [5, 5.41) is 9.29. The summed E-state index contributed by atoms with van der Waals surface area (Å²) in [6, 6.07) is 6.20. The summed E-state index contributed by atoms with van der Waals surface area (Å²) in [6.07, 6.45) is 1.38. The molecular formula is C21H20F2N2O4. The Balaban J connectivity index is 2.11. The second-order valence-corrected chi connectivity index (χ2v) is 6.27. The molecule has 0 N–H and O–H groups in total. The molecule has 0 bridgehead atoms. The number of aryl methyl sites for hydroxylation is 1. The van der Waals surface area contributed by atoms with Crippen LogP contribution in [0.25, 0.3) is 6.08 Å². The van der Waals surface area contributed by atoms with Crippen molar-refractivity contribution in [2.45, 2.75) is 20.4 Å². The van der Waals surface area contributed by atoms with Crippen LogP contribution in [0.4, 0.5) is 8.78 Å². The number of nitriles is 1. The molecule has 1 heterocycles. The fourth-order valence-corrected chi connectivity index (χ4v) is 2.75. The minimum absolute atomic E-state index is 0.138. The number of carbonyl (C=O) groups excluding carboxylic acids is 2. The van der Waals surface area contributed by atoms with Gasteiger partial charge >= 0.3 is 5.97 Å². The largest absolute Gasteiger partial charge is 0.453 e. The average Bonchev–Trinajstić information content (AvgIpc) is 2.97. The lowest BCUT2D eigenvalue weighted by Crippen LogP contribution is -2.15. The predicted molar refractivity (Wildman–Crippen MR) is 101 cm³/mol. The zero-order chi connectivity index (χ0) is 21.6. The summed E-state index contributed by atoms with van der Waals surface area (Å²) in [6.45, 7) is 4.18. The summed E-state index contributed by atoms with van der Waals surface area (Å²) >= 11 is 0. The normalized spacial score (nSPS) is 11.2. The highest BCUT2D eigenvalue weighted by Crippen LogP contribution is 2.19. The number of methoxy groups -OCH3 is 1. The van der Waals surface area contributed by atoms with Crippen molar-refractivity contribution in [3.8, 4) is 6.07 Å². The van der Waals surface area contributed by atoms with Gasteiger partial charge in [-0.05, 0) is 49.8 Å². The monoisotopic (exact) mass is 402 g/mol. The first-order valence-corrected chi connectivity index (χ1v) is 8.71. The van der Waals surface area contributed by atoms with Crippen LogP contribution in [0.3, 0.4) is 0 Å². The lowest BCUT2D eigenvalue weighted by molar-refractivity contribution is -0.137. The maximum Gasteiger partial charge on any atom is 0.349 e. The molecule has 1 aromatic heterocycles. The number of nitrogens with zero attached hydrogens (tertiary/aromatic N) is 2. The third kappa shape index (κ3) is 5.36. The molecule has 1 aromatic carbocycles. The first-order valence-electron chi connectivity index (χ1n) is 8.71. The van der Waals surface area contributed by atoms with E-state index in [1.54, 1.807) is 13.2 Å². The highest BCUT2D eigenvalue weighted by molar-refractivity contribution is 6.02. The fraction of sp³-hybridized carbons (Fsp3) is 0.286. The number of benzene rings is 1. The Morgan fingerprint density at radius 3 is 2.55 bits per heavy atom. The van der Waals surface area contributed by atoms with Crippen LogP contribution in [0.1, 0.15) is 27.3 Å². The van der Waals surface area contributed by atoms with Crippen molar-refractivity contribution in [1.82, 2.24) is 4.57 Å². The highest BCUT2D eigenvalue weighted by atomic mass is 19.2. The molecule has 2 aromatic rings. The van der Waals surface area contributed by atoms with Crippen LogP contribution in [-0.4, -0.2) is 36.6 Å². The summed E-state index contributed by atoms with van der Waals surface area (Å²) in [7, 11) is 1.60. The summed E-state index contributed by atoms with van der Waals surface area (Å²) < 4.78 is 38.1. The van der Waals surface area contributed by atoms with Crippen molar-refractivity contribution in [2.24, 2.45) is 0 Å². The van der Waals surface area contributed by atoms with Crippen molar-refractivity contribution in [1.29, 1.82) is 5.26 Å². The zero-order valence-corrected chi connectivity index (χ0v) is 16.3. The van der Waals surface area contributed by atoms with Gasteiger partial charge in [-0.3, -0.25) is 4.79 Å². The summed E-state index contributed by atoms with van der Waals surface area (Å²) in [5.41, 5.74) is 2.03. The van der Waals surface area contributed by atoms with Gasteiger partial charge in [0.2, 0.25) is 0 Å². The predicted octanol–water partition coefficient (Wildman–Crippen LogP) is 3.36. The Hall–Kier alpha value is -3.31. The van der Waals surface area contributed by atoms with Gasteiger partial charge in [-0.1, -0.05) is 0 Å². The van der Waals surface area contributed by atoms with Crippen molar-refractivity contribution >= 4 is 17.8 Å². The molecule has 0 atom stereocenters. The van der Waals surface area contributed by atoms with E-state index in [0.29, 0.717) is 18.7 Å². The molecule has 0 aliphatic heterocycles. The number of ketones is 1. The number of hydrogen-bond acceptors (Lipinski definition) is 5.